The van der Waals surface area contributed by atoms with E-state index in [4.69, 9.17) is 0 Å². The summed E-state index contributed by atoms with van der Waals surface area (Å²) in [4.78, 5) is 0. The standard InChI is InChI=1S/C14H26N4O/c1-5-18-12(11(2)16-17-18)9-15-10-14(19)8-6-7-13(14,3)4/h15,19H,5-10H2,1-4H3. The average molecular weight is 266 g/mol. The van der Waals surface area contributed by atoms with Crippen LogP contribution in [0.2, 0.25) is 0 Å². The van der Waals surface area contributed by atoms with Crippen molar-refractivity contribution in [1.29, 1.82) is 0 Å². The minimum absolute atomic E-state index is 0.00169. The van der Waals surface area contributed by atoms with Crippen molar-refractivity contribution in [2.45, 2.75) is 65.6 Å². The summed E-state index contributed by atoms with van der Waals surface area (Å²) in [5.41, 5.74) is 1.48. The van der Waals surface area contributed by atoms with Crippen molar-refractivity contribution in [2.24, 2.45) is 5.41 Å². The van der Waals surface area contributed by atoms with Gasteiger partial charge in [0.2, 0.25) is 0 Å². The summed E-state index contributed by atoms with van der Waals surface area (Å²) in [5.74, 6) is 0. The van der Waals surface area contributed by atoms with Crippen molar-refractivity contribution in [3.63, 3.8) is 0 Å². The van der Waals surface area contributed by atoms with Crippen LogP contribution in [0.4, 0.5) is 0 Å². The molecule has 5 heteroatoms. The zero-order valence-electron chi connectivity index (χ0n) is 12.5. The molecule has 1 aromatic heterocycles. The lowest BCUT2D eigenvalue weighted by Crippen LogP contribution is -2.48. The smallest absolute Gasteiger partial charge is 0.0841 e. The van der Waals surface area contributed by atoms with E-state index in [0.717, 1.165) is 37.2 Å². The molecule has 0 aliphatic heterocycles. The number of aryl methyl sites for hydroxylation is 2. The zero-order chi connectivity index (χ0) is 14.1. The highest BCUT2D eigenvalue weighted by Crippen LogP contribution is 2.45. The molecule has 1 atom stereocenters. The maximum atomic E-state index is 10.7. The van der Waals surface area contributed by atoms with Gasteiger partial charge in [-0.15, -0.1) is 5.10 Å². The van der Waals surface area contributed by atoms with E-state index in [0.29, 0.717) is 13.1 Å². The van der Waals surface area contributed by atoms with Crippen LogP contribution in [0.15, 0.2) is 0 Å². The summed E-state index contributed by atoms with van der Waals surface area (Å²) < 4.78 is 1.91. The minimum Gasteiger partial charge on any atom is -0.388 e. The Morgan fingerprint density at radius 2 is 2.11 bits per heavy atom. The van der Waals surface area contributed by atoms with Crippen LogP contribution in [0.3, 0.4) is 0 Å². The van der Waals surface area contributed by atoms with Crippen molar-refractivity contribution in [3.8, 4) is 0 Å². The van der Waals surface area contributed by atoms with E-state index in [1.54, 1.807) is 0 Å². The second kappa shape index (κ2) is 5.21. The first-order valence-electron chi connectivity index (χ1n) is 7.22. The minimum atomic E-state index is -0.592. The van der Waals surface area contributed by atoms with Gasteiger partial charge in [-0.2, -0.15) is 0 Å². The molecule has 0 bridgehead atoms. The van der Waals surface area contributed by atoms with Gasteiger partial charge in [0.05, 0.1) is 17.0 Å². The molecule has 0 spiro atoms. The summed E-state index contributed by atoms with van der Waals surface area (Å²) in [7, 11) is 0. The van der Waals surface area contributed by atoms with Crippen molar-refractivity contribution >= 4 is 0 Å². The summed E-state index contributed by atoms with van der Waals surface area (Å²) in [5, 5.41) is 22.3. The molecule has 1 heterocycles. The summed E-state index contributed by atoms with van der Waals surface area (Å²) in [6.45, 7) is 10.5. The Balaban J connectivity index is 1.95. The van der Waals surface area contributed by atoms with Gasteiger partial charge < -0.3 is 10.4 Å². The van der Waals surface area contributed by atoms with Crippen LogP contribution < -0.4 is 5.32 Å². The van der Waals surface area contributed by atoms with Gasteiger partial charge >= 0.3 is 0 Å². The average Bonchev–Trinajstić information content (AvgIpc) is 2.82. The number of nitrogens with one attached hydrogen (secondary N) is 1. The molecule has 0 amide bonds. The first-order valence-corrected chi connectivity index (χ1v) is 7.22. The number of rotatable bonds is 5. The highest BCUT2D eigenvalue weighted by molar-refractivity contribution is 5.08. The lowest BCUT2D eigenvalue weighted by Gasteiger charge is -2.37. The summed E-state index contributed by atoms with van der Waals surface area (Å²) in [6.07, 6.45) is 3.09. The largest absolute Gasteiger partial charge is 0.388 e. The lowest BCUT2D eigenvalue weighted by atomic mass is 9.78. The molecule has 2 N–H and O–H groups in total. The normalized spacial score (nSPS) is 25.9. The molecule has 108 valence electrons. The van der Waals surface area contributed by atoms with Gasteiger partial charge in [0.1, 0.15) is 0 Å². The Morgan fingerprint density at radius 1 is 1.37 bits per heavy atom. The maximum absolute atomic E-state index is 10.7. The summed E-state index contributed by atoms with van der Waals surface area (Å²) >= 11 is 0. The highest BCUT2D eigenvalue weighted by atomic mass is 16.3. The Bertz CT molecular complexity index is 441. The zero-order valence-corrected chi connectivity index (χ0v) is 12.5. The summed E-state index contributed by atoms with van der Waals surface area (Å²) in [6, 6.07) is 0. The second-order valence-corrected chi connectivity index (χ2v) is 6.31. The highest BCUT2D eigenvalue weighted by Gasteiger charge is 2.46. The molecular formula is C14H26N4O. The Labute approximate surface area is 115 Å². The molecule has 1 aromatic rings. The molecule has 0 radical (unpaired) electrons. The van der Waals surface area contributed by atoms with Crippen LogP contribution >= 0.6 is 0 Å². The van der Waals surface area contributed by atoms with E-state index in [1.807, 2.05) is 11.6 Å². The monoisotopic (exact) mass is 266 g/mol. The van der Waals surface area contributed by atoms with Crippen molar-refractivity contribution in [3.05, 3.63) is 11.4 Å². The molecule has 19 heavy (non-hydrogen) atoms. The maximum Gasteiger partial charge on any atom is 0.0841 e. The van der Waals surface area contributed by atoms with E-state index in [2.05, 4.69) is 36.4 Å². The van der Waals surface area contributed by atoms with E-state index in [1.165, 1.54) is 0 Å². The predicted octanol–water partition coefficient (Wildman–Crippen LogP) is 1.64. The van der Waals surface area contributed by atoms with Crippen molar-refractivity contribution < 1.29 is 5.11 Å². The van der Waals surface area contributed by atoms with E-state index in [-0.39, 0.29) is 5.41 Å². The SMILES string of the molecule is CCn1nnc(C)c1CNCC1(O)CCCC1(C)C. The number of aromatic nitrogens is 3. The van der Waals surface area contributed by atoms with Crippen molar-refractivity contribution in [1.82, 2.24) is 20.3 Å². The van der Waals surface area contributed by atoms with Gasteiger partial charge in [0.15, 0.2) is 0 Å². The fourth-order valence-electron chi connectivity index (χ4n) is 3.00. The van der Waals surface area contributed by atoms with Gasteiger partial charge in [-0.25, -0.2) is 4.68 Å². The molecule has 1 aliphatic rings. The molecule has 5 nitrogen and oxygen atoms in total. The third kappa shape index (κ3) is 2.67. The van der Waals surface area contributed by atoms with Gasteiger partial charge in [0, 0.05) is 19.6 Å². The predicted molar refractivity (Wildman–Crippen MR) is 74.7 cm³/mol. The first-order chi connectivity index (χ1) is 8.89. The lowest BCUT2D eigenvalue weighted by molar-refractivity contribution is -0.0410. The third-order valence-electron chi connectivity index (χ3n) is 4.69. The van der Waals surface area contributed by atoms with Crippen LogP contribution in [-0.2, 0) is 13.1 Å². The van der Waals surface area contributed by atoms with Gasteiger partial charge in [-0.1, -0.05) is 19.1 Å². The fraction of sp³-hybridized carbons (Fsp3) is 0.857. The van der Waals surface area contributed by atoms with Gasteiger partial charge in [-0.05, 0) is 38.5 Å². The molecule has 1 aliphatic carbocycles. The van der Waals surface area contributed by atoms with E-state index in [9.17, 15) is 5.11 Å². The van der Waals surface area contributed by atoms with E-state index >= 15 is 0 Å². The quantitative estimate of drug-likeness (QED) is 0.850. The van der Waals surface area contributed by atoms with Crippen LogP contribution in [0, 0.1) is 12.3 Å². The molecule has 0 aromatic carbocycles. The van der Waals surface area contributed by atoms with Crippen LogP contribution in [-0.4, -0.2) is 32.2 Å². The molecule has 1 fully saturated rings. The molecular weight excluding hydrogens is 240 g/mol. The number of nitrogens with zero attached hydrogens (tertiary/aromatic N) is 3. The molecule has 1 unspecified atom stereocenters. The van der Waals surface area contributed by atoms with Crippen LogP contribution in [0.1, 0.15) is 51.4 Å². The van der Waals surface area contributed by atoms with Gasteiger partial charge in [-0.3, -0.25) is 0 Å². The number of hydrogen-bond donors (Lipinski definition) is 2. The first kappa shape index (κ1) is 14.5. The van der Waals surface area contributed by atoms with Crippen molar-refractivity contribution in [2.75, 3.05) is 6.54 Å². The topological polar surface area (TPSA) is 63.0 Å². The van der Waals surface area contributed by atoms with Gasteiger partial charge in [0.25, 0.3) is 0 Å². The molecule has 0 saturated heterocycles. The fourth-order valence-corrected chi connectivity index (χ4v) is 3.00. The Kier molecular flexibility index (Phi) is 3.97. The number of hydrogen-bond acceptors (Lipinski definition) is 4. The van der Waals surface area contributed by atoms with E-state index < -0.39 is 5.60 Å². The molecule has 2 rings (SSSR count). The molecule has 1 saturated carbocycles. The van der Waals surface area contributed by atoms with Crippen LogP contribution in [0.5, 0.6) is 0 Å². The third-order valence-corrected chi connectivity index (χ3v) is 4.69. The van der Waals surface area contributed by atoms with Crippen LogP contribution in [0.25, 0.3) is 0 Å². The Hall–Kier alpha value is -0.940. The Morgan fingerprint density at radius 3 is 2.68 bits per heavy atom. The number of aliphatic hydroxyl groups is 1. The second-order valence-electron chi connectivity index (χ2n) is 6.31.